The van der Waals surface area contributed by atoms with Crippen LogP contribution in [0.15, 0.2) is 48.5 Å². The molecule has 0 amide bonds. The lowest BCUT2D eigenvalue weighted by atomic mass is 9.95. The Kier molecular flexibility index (Phi) is 3.51. The van der Waals surface area contributed by atoms with Gasteiger partial charge in [0.05, 0.1) is 22.1 Å². The Morgan fingerprint density at radius 1 is 0.571 bits per heavy atom. The highest BCUT2D eigenvalue weighted by Crippen LogP contribution is 2.38. The molecule has 5 aromatic rings. The van der Waals surface area contributed by atoms with Gasteiger partial charge < -0.3 is 9.13 Å². The normalized spacial score (nSPS) is 11.9. The zero-order valence-corrected chi connectivity index (χ0v) is 17.5. The van der Waals surface area contributed by atoms with E-state index in [0.29, 0.717) is 0 Å². The SMILES string of the molecule is Cc1ccc2c(c1)n(C)c1c3ccc(-c4cc(C)c(C)cc4C)cc3n(C)c21. The van der Waals surface area contributed by atoms with Crippen LogP contribution in [0.2, 0.25) is 0 Å². The molecule has 0 atom stereocenters. The quantitative estimate of drug-likeness (QED) is 0.311. The van der Waals surface area contributed by atoms with E-state index < -0.39 is 0 Å². The van der Waals surface area contributed by atoms with Crippen LogP contribution >= 0.6 is 0 Å². The maximum Gasteiger partial charge on any atom is 0.0751 e. The van der Waals surface area contributed by atoms with Crippen molar-refractivity contribution in [2.24, 2.45) is 14.1 Å². The molecule has 2 heteroatoms. The van der Waals surface area contributed by atoms with Crippen molar-refractivity contribution in [2.75, 3.05) is 0 Å². The minimum absolute atomic E-state index is 1.29. The van der Waals surface area contributed by atoms with Gasteiger partial charge in [-0.25, -0.2) is 0 Å². The molecule has 2 heterocycles. The Morgan fingerprint density at radius 2 is 1.14 bits per heavy atom. The molecule has 5 rings (SSSR count). The molecule has 140 valence electrons. The Morgan fingerprint density at radius 3 is 1.82 bits per heavy atom. The topological polar surface area (TPSA) is 9.86 Å². The van der Waals surface area contributed by atoms with E-state index >= 15 is 0 Å². The summed E-state index contributed by atoms with van der Waals surface area (Å²) in [5.41, 5.74) is 13.2. The first-order valence-electron chi connectivity index (χ1n) is 9.92. The van der Waals surface area contributed by atoms with Crippen LogP contribution in [0.3, 0.4) is 0 Å². The zero-order chi connectivity index (χ0) is 19.7. The van der Waals surface area contributed by atoms with Crippen molar-refractivity contribution in [1.29, 1.82) is 0 Å². The van der Waals surface area contributed by atoms with Gasteiger partial charge in [0, 0.05) is 24.9 Å². The summed E-state index contributed by atoms with van der Waals surface area (Å²) in [5.74, 6) is 0. The molecule has 0 N–H and O–H groups in total. The average Bonchev–Trinajstić information content (AvgIpc) is 3.11. The summed E-state index contributed by atoms with van der Waals surface area (Å²) in [6.45, 7) is 8.75. The third-order valence-corrected chi connectivity index (χ3v) is 6.43. The fourth-order valence-electron chi connectivity index (χ4n) is 4.74. The monoisotopic (exact) mass is 366 g/mol. The third kappa shape index (κ3) is 2.21. The summed E-state index contributed by atoms with van der Waals surface area (Å²) >= 11 is 0. The molecule has 28 heavy (non-hydrogen) atoms. The first kappa shape index (κ1) is 17.1. The summed E-state index contributed by atoms with van der Waals surface area (Å²) in [5, 5.41) is 2.64. The number of nitrogens with zero attached hydrogens (tertiary/aromatic N) is 2. The van der Waals surface area contributed by atoms with Gasteiger partial charge in [-0.1, -0.05) is 36.4 Å². The fourth-order valence-corrected chi connectivity index (χ4v) is 4.74. The molecule has 2 aromatic heterocycles. The second-order valence-corrected chi connectivity index (χ2v) is 8.32. The van der Waals surface area contributed by atoms with Crippen molar-refractivity contribution >= 4 is 32.8 Å². The molecule has 0 bridgehead atoms. The highest BCUT2D eigenvalue weighted by molar-refractivity contribution is 6.18. The van der Waals surface area contributed by atoms with Crippen molar-refractivity contribution < 1.29 is 0 Å². The summed E-state index contributed by atoms with van der Waals surface area (Å²) < 4.78 is 4.71. The number of hydrogen-bond acceptors (Lipinski definition) is 0. The molecule has 0 fully saturated rings. The summed E-state index contributed by atoms with van der Waals surface area (Å²) in [6, 6.07) is 18.3. The molecule has 2 nitrogen and oxygen atoms in total. The first-order chi connectivity index (χ1) is 13.4. The second kappa shape index (κ2) is 5.75. The summed E-state index contributed by atoms with van der Waals surface area (Å²) in [7, 11) is 4.38. The molecule has 0 aliphatic heterocycles. The van der Waals surface area contributed by atoms with Crippen LogP contribution in [0, 0.1) is 27.7 Å². The van der Waals surface area contributed by atoms with Crippen LogP contribution in [0.5, 0.6) is 0 Å². The van der Waals surface area contributed by atoms with E-state index in [0.717, 1.165) is 0 Å². The van der Waals surface area contributed by atoms with Gasteiger partial charge in [0.25, 0.3) is 0 Å². The number of aromatic nitrogens is 2. The van der Waals surface area contributed by atoms with Gasteiger partial charge in [-0.15, -0.1) is 0 Å². The third-order valence-electron chi connectivity index (χ3n) is 6.43. The van der Waals surface area contributed by atoms with Crippen molar-refractivity contribution in [3.63, 3.8) is 0 Å². The van der Waals surface area contributed by atoms with E-state index in [1.54, 1.807) is 0 Å². The molecule has 0 aliphatic carbocycles. The molecule has 0 saturated heterocycles. The predicted molar refractivity (Wildman–Crippen MR) is 121 cm³/mol. The lowest BCUT2D eigenvalue weighted by molar-refractivity contribution is 1.01. The molecular formula is C26H26N2. The van der Waals surface area contributed by atoms with Crippen LogP contribution in [-0.2, 0) is 14.1 Å². The molecule has 0 saturated carbocycles. The highest BCUT2D eigenvalue weighted by atomic mass is 15.0. The molecule has 0 unspecified atom stereocenters. The van der Waals surface area contributed by atoms with Crippen LogP contribution in [0.4, 0.5) is 0 Å². The van der Waals surface area contributed by atoms with Crippen molar-refractivity contribution in [1.82, 2.24) is 9.13 Å². The number of rotatable bonds is 1. The predicted octanol–water partition coefficient (Wildman–Crippen LogP) is 6.72. The summed E-state index contributed by atoms with van der Waals surface area (Å²) in [6.07, 6.45) is 0. The number of aryl methyl sites for hydroxylation is 6. The summed E-state index contributed by atoms with van der Waals surface area (Å²) in [4.78, 5) is 0. The largest absolute Gasteiger partial charge is 0.342 e. The number of fused-ring (bicyclic) bond motifs is 5. The highest BCUT2D eigenvalue weighted by Gasteiger charge is 2.17. The zero-order valence-electron chi connectivity index (χ0n) is 17.5. The Labute approximate surface area is 166 Å². The van der Waals surface area contributed by atoms with Gasteiger partial charge in [-0.2, -0.15) is 0 Å². The van der Waals surface area contributed by atoms with Crippen molar-refractivity contribution in [2.45, 2.75) is 27.7 Å². The van der Waals surface area contributed by atoms with Crippen LogP contribution < -0.4 is 0 Å². The van der Waals surface area contributed by atoms with Gasteiger partial charge >= 0.3 is 0 Å². The second-order valence-electron chi connectivity index (χ2n) is 8.32. The smallest absolute Gasteiger partial charge is 0.0751 e. The Bertz CT molecular complexity index is 1410. The fraction of sp³-hybridized carbons (Fsp3) is 0.231. The van der Waals surface area contributed by atoms with E-state index in [4.69, 9.17) is 0 Å². The lowest BCUT2D eigenvalue weighted by Crippen LogP contribution is -1.91. The van der Waals surface area contributed by atoms with Crippen LogP contribution in [-0.4, -0.2) is 9.13 Å². The van der Waals surface area contributed by atoms with E-state index in [-0.39, 0.29) is 0 Å². The molecular weight excluding hydrogens is 340 g/mol. The molecule has 3 aromatic carbocycles. The molecule has 0 radical (unpaired) electrons. The van der Waals surface area contributed by atoms with E-state index in [9.17, 15) is 0 Å². The molecule has 0 aliphatic rings. The number of hydrogen-bond donors (Lipinski definition) is 0. The van der Waals surface area contributed by atoms with Gasteiger partial charge in [0.15, 0.2) is 0 Å². The van der Waals surface area contributed by atoms with E-state index in [1.807, 2.05) is 0 Å². The first-order valence-corrected chi connectivity index (χ1v) is 9.92. The Balaban J connectivity index is 1.85. The van der Waals surface area contributed by atoms with Gasteiger partial charge in [0.1, 0.15) is 0 Å². The van der Waals surface area contributed by atoms with E-state index in [2.05, 4.69) is 99.5 Å². The van der Waals surface area contributed by atoms with Crippen LogP contribution in [0.1, 0.15) is 22.3 Å². The van der Waals surface area contributed by atoms with Gasteiger partial charge in [0.2, 0.25) is 0 Å². The Hall–Kier alpha value is -3.00. The van der Waals surface area contributed by atoms with Crippen molar-refractivity contribution in [3.8, 4) is 11.1 Å². The average molecular weight is 367 g/mol. The van der Waals surface area contributed by atoms with Gasteiger partial charge in [-0.05, 0) is 73.2 Å². The standard InChI is InChI=1S/C26H26N2/c1-15-7-9-20-23(11-15)27(5)26-21-10-8-19(14-24(21)28(6)25(20)26)22-13-17(3)16(2)12-18(22)4/h7-14H,1-6H3. The number of benzene rings is 3. The van der Waals surface area contributed by atoms with Gasteiger partial charge in [-0.3, -0.25) is 0 Å². The minimum atomic E-state index is 1.29. The minimum Gasteiger partial charge on any atom is -0.342 e. The molecule has 0 spiro atoms. The van der Waals surface area contributed by atoms with Crippen LogP contribution in [0.25, 0.3) is 44.0 Å². The lowest BCUT2D eigenvalue weighted by Gasteiger charge is -2.11. The van der Waals surface area contributed by atoms with E-state index in [1.165, 1.54) is 66.2 Å². The maximum absolute atomic E-state index is 2.36. The maximum atomic E-state index is 2.36. The van der Waals surface area contributed by atoms with Crippen molar-refractivity contribution in [3.05, 3.63) is 70.8 Å².